The number of urea groups is 1. The predicted octanol–water partition coefficient (Wildman–Crippen LogP) is 3.10. The normalized spacial score (nSPS) is 15.4. The third kappa shape index (κ3) is 3.60. The Labute approximate surface area is 169 Å². The van der Waals surface area contributed by atoms with Crippen LogP contribution in [0.4, 0.5) is 4.79 Å². The van der Waals surface area contributed by atoms with E-state index in [1.165, 1.54) is 0 Å². The molecule has 1 aliphatic rings. The summed E-state index contributed by atoms with van der Waals surface area (Å²) in [6, 6.07) is 11.0. The first-order valence-electron chi connectivity index (χ1n) is 9.71. The summed E-state index contributed by atoms with van der Waals surface area (Å²) in [5, 5.41) is 0. The molecule has 0 bridgehead atoms. The predicted molar refractivity (Wildman–Crippen MR) is 108 cm³/mol. The highest BCUT2D eigenvalue weighted by Gasteiger charge is 2.44. The number of imide groups is 2. The van der Waals surface area contributed by atoms with Crippen molar-refractivity contribution in [2.45, 2.75) is 40.2 Å². The number of hydrogen-bond donors (Lipinski definition) is 0. The van der Waals surface area contributed by atoms with Gasteiger partial charge in [-0.1, -0.05) is 37.3 Å². The summed E-state index contributed by atoms with van der Waals surface area (Å²) >= 11 is 0. The van der Waals surface area contributed by atoms with E-state index in [0.717, 1.165) is 26.8 Å². The quantitative estimate of drug-likeness (QED) is 0.410. The molecule has 0 radical (unpaired) electrons. The average Bonchev–Trinajstić information content (AvgIpc) is 3.11. The van der Waals surface area contributed by atoms with Crippen LogP contribution >= 0.6 is 0 Å². The zero-order valence-corrected chi connectivity index (χ0v) is 17.1. The molecule has 0 saturated carbocycles. The molecule has 1 aromatic heterocycles. The van der Waals surface area contributed by atoms with Gasteiger partial charge in [0.15, 0.2) is 5.78 Å². The van der Waals surface area contributed by atoms with Crippen molar-refractivity contribution in [1.29, 1.82) is 0 Å². The minimum atomic E-state index is -0.941. The van der Waals surface area contributed by atoms with Crippen LogP contribution in [0.3, 0.4) is 0 Å². The molecule has 2 aromatic rings. The summed E-state index contributed by atoms with van der Waals surface area (Å²) in [5.41, 5.74) is 3.23. The maximum atomic E-state index is 12.9. The Kier molecular flexibility index (Phi) is 5.68. The topological polar surface area (TPSA) is 79.7 Å². The zero-order valence-electron chi connectivity index (χ0n) is 17.1. The van der Waals surface area contributed by atoms with E-state index in [9.17, 15) is 19.2 Å². The van der Waals surface area contributed by atoms with Crippen LogP contribution in [0.15, 0.2) is 36.4 Å². The highest BCUT2D eigenvalue weighted by Crippen LogP contribution is 2.26. The van der Waals surface area contributed by atoms with Crippen molar-refractivity contribution in [3.8, 4) is 0 Å². The molecule has 1 atom stereocenters. The van der Waals surface area contributed by atoms with E-state index in [-0.39, 0.29) is 18.4 Å². The second-order valence-electron chi connectivity index (χ2n) is 7.30. The Morgan fingerprint density at radius 1 is 1.00 bits per heavy atom. The Balaban J connectivity index is 1.85. The van der Waals surface area contributed by atoms with Crippen LogP contribution in [0, 0.1) is 13.8 Å². The number of aryl methyl sites for hydroxylation is 1. The molecule has 7 nitrogen and oxygen atoms in total. The Morgan fingerprint density at radius 3 is 2.24 bits per heavy atom. The minimum absolute atomic E-state index is 0.0226. The molecular weight excluding hydrogens is 370 g/mol. The van der Waals surface area contributed by atoms with Crippen molar-refractivity contribution in [2.75, 3.05) is 13.1 Å². The number of carbonyl (C=O) groups is 4. The zero-order chi connectivity index (χ0) is 21.3. The van der Waals surface area contributed by atoms with Gasteiger partial charge >= 0.3 is 17.8 Å². The fraction of sp³-hybridized carbons (Fsp3) is 0.364. The maximum Gasteiger partial charge on any atom is 0.334 e. The minimum Gasteiger partial charge on any atom is -0.341 e. The van der Waals surface area contributed by atoms with Crippen LogP contribution in [0.5, 0.6) is 0 Å². The maximum absolute atomic E-state index is 12.9. The Bertz CT molecular complexity index is 977. The number of rotatable bonds is 7. The standard InChI is InChI=1S/C22H25N3O4/c1-5-11-23-20(27)21(28)24(22(23)29)13-19(26)18-12-14(2)25(16(18)4)15(3)17-9-7-6-8-10-17/h6-10,12,15H,5,11,13H2,1-4H3/t15-/m1/s1. The van der Waals surface area contributed by atoms with Gasteiger partial charge in [0.05, 0.1) is 12.6 Å². The lowest BCUT2D eigenvalue weighted by Crippen LogP contribution is -2.37. The second-order valence-corrected chi connectivity index (χ2v) is 7.30. The SMILES string of the molecule is CCCN1C(=O)C(=O)N(CC(=O)c2cc(C)n([C@H](C)c3ccccc3)c2C)C1=O. The molecule has 0 unspecified atom stereocenters. The van der Waals surface area contributed by atoms with E-state index in [2.05, 4.69) is 11.5 Å². The van der Waals surface area contributed by atoms with Gasteiger partial charge in [0, 0.05) is 23.5 Å². The molecule has 1 aromatic carbocycles. The van der Waals surface area contributed by atoms with Crippen molar-refractivity contribution < 1.29 is 19.2 Å². The summed E-state index contributed by atoms with van der Waals surface area (Å²) in [5.74, 6) is -2.17. The monoisotopic (exact) mass is 395 g/mol. The van der Waals surface area contributed by atoms with E-state index < -0.39 is 24.4 Å². The Morgan fingerprint density at radius 2 is 1.62 bits per heavy atom. The summed E-state index contributed by atoms with van der Waals surface area (Å²) in [4.78, 5) is 51.1. The smallest absolute Gasteiger partial charge is 0.334 e. The number of carbonyl (C=O) groups excluding carboxylic acids is 4. The van der Waals surface area contributed by atoms with Crippen molar-refractivity contribution in [1.82, 2.24) is 14.4 Å². The number of amides is 4. The van der Waals surface area contributed by atoms with Crippen LogP contribution < -0.4 is 0 Å². The van der Waals surface area contributed by atoms with Crippen molar-refractivity contribution in [3.63, 3.8) is 0 Å². The van der Waals surface area contributed by atoms with E-state index in [0.29, 0.717) is 12.0 Å². The molecule has 0 spiro atoms. The average molecular weight is 395 g/mol. The van der Waals surface area contributed by atoms with Crippen LogP contribution in [-0.2, 0) is 9.59 Å². The van der Waals surface area contributed by atoms with Gasteiger partial charge in [-0.2, -0.15) is 0 Å². The largest absolute Gasteiger partial charge is 0.341 e. The summed E-state index contributed by atoms with van der Waals surface area (Å²) in [6.07, 6.45) is 0.547. The molecule has 4 amide bonds. The van der Waals surface area contributed by atoms with Gasteiger partial charge in [-0.05, 0) is 38.8 Å². The van der Waals surface area contributed by atoms with Gasteiger partial charge in [0.1, 0.15) is 0 Å². The van der Waals surface area contributed by atoms with E-state index in [1.54, 1.807) is 6.07 Å². The van der Waals surface area contributed by atoms with Gasteiger partial charge < -0.3 is 4.57 Å². The highest BCUT2D eigenvalue weighted by molar-refractivity contribution is 6.45. The summed E-state index contributed by atoms with van der Waals surface area (Å²) in [7, 11) is 0. The number of ketones is 1. The lowest BCUT2D eigenvalue weighted by atomic mass is 10.1. The van der Waals surface area contributed by atoms with E-state index >= 15 is 0 Å². The van der Waals surface area contributed by atoms with E-state index in [4.69, 9.17) is 0 Å². The van der Waals surface area contributed by atoms with Crippen molar-refractivity contribution in [2.24, 2.45) is 0 Å². The van der Waals surface area contributed by atoms with Gasteiger partial charge in [-0.3, -0.25) is 19.3 Å². The lowest BCUT2D eigenvalue weighted by molar-refractivity contribution is -0.143. The molecule has 0 aliphatic carbocycles. The van der Waals surface area contributed by atoms with Crippen molar-refractivity contribution in [3.05, 3.63) is 58.9 Å². The lowest BCUT2D eigenvalue weighted by Gasteiger charge is -2.19. The number of hydrogen-bond acceptors (Lipinski definition) is 4. The van der Waals surface area contributed by atoms with Gasteiger partial charge in [0.2, 0.25) is 0 Å². The molecule has 0 N–H and O–H groups in total. The third-order valence-electron chi connectivity index (χ3n) is 5.34. The number of nitrogens with zero attached hydrogens (tertiary/aromatic N) is 3. The first-order chi connectivity index (χ1) is 13.8. The van der Waals surface area contributed by atoms with Gasteiger partial charge in [-0.15, -0.1) is 0 Å². The van der Waals surface area contributed by atoms with E-state index in [1.807, 2.05) is 51.1 Å². The van der Waals surface area contributed by atoms with Gasteiger partial charge in [0.25, 0.3) is 0 Å². The molecule has 7 heteroatoms. The summed E-state index contributed by atoms with van der Waals surface area (Å²) < 4.78 is 2.06. The third-order valence-corrected chi connectivity index (χ3v) is 5.34. The van der Waals surface area contributed by atoms with Crippen molar-refractivity contribution >= 4 is 23.6 Å². The van der Waals surface area contributed by atoms with Gasteiger partial charge in [-0.25, -0.2) is 9.69 Å². The fourth-order valence-corrected chi connectivity index (χ4v) is 3.88. The Hall–Kier alpha value is -3.22. The van der Waals surface area contributed by atoms with Crippen LogP contribution in [0.2, 0.25) is 0 Å². The second kappa shape index (κ2) is 8.03. The highest BCUT2D eigenvalue weighted by atomic mass is 16.2. The number of aromatic nitrogens is 1. The molecule has 1 saturated heterocycles. The number of benzene rings is 1. The molecular formula is C22H25N3O4. The molecule has 3 rings (SSSR count). The number of Topliss-reactive ketones (excluding diaryl/α,β-unsaturated/α-hetero) is 1. The van der Waals surface area contributed by atoms with Crippen LogP contribution in [0.25, 0.3) is 0 Å². The molecule has 2 heterocycles. The molecule has 1 fully saturated rings. The van der Waals surface area contributed by atoms with Crippen LogP contribution in [-0.4, -0.2) is 51.1 Å². The molecule has 152 valence electrons. The van der Waals surface area contributed by atoms with Crippen LogP contribution in [0.1, 0.15) is 53.6 Å². The fourth-order valence-electron chi connectivity index (χ4n) is 3.88. The summed E-state index contributed by atoms with van der Waals surface area (Å²) in [6.45, 7) is 7.36. The first kappa shape index (κ1) is 20.5. The molecule has 29 heavy (non-hydrogen) atoms. The first-order valence-corrected chi connectivity index (χ1v) is 9.71. The molecule has 1 aliphatic heterocycles.